The largest absolute Gasteiger partial charge is 0.506 e. The summed E-state index contributed by atoms with van der Waals surface area (Å²) in [4.78, 5) is 16.1. The number of hydrogen-bond acceptors (Lipinski definition) is 8. The highest BCUT2D eigenvalue weighted by molar-refractivity contribution is 7.07. The molecular formula is C15H13N3O4S. The van der Waals surface area contributed by atoms with Crippen LogP contribution in [-0.2, 0) is 0 Å². The Labute approximate surface area is 136 Å². The topological polar surface area (TPSA) is 118 Å². The number of anilines is 1. The molecule has 0 aliphatic carbocycles. The van der Waals surface area contributed by atoms with Crippen LogP contribution in [0, 0.1) is 11.3 Å². The third-order valence-electron chi connectivity index (χ3n) is 3.02. The summed E-state index contributed by atoms with van der Waals surface area (Å²) in [6.45, 7) is 0. The lowest BCUT2D eigenvalue weighted by Crippen LogP contribution is -2.06. The molecule has 0 aliphatic heterocycles. The first-order chi connectivity index (χ1) is 11.0. The molecule has 0 unspecified atom stereocenters. The first-order valence-electron chi connectivity index (χ1n) is 6.31. The van der Waals surface area contributed by atoms with Crippen LogP contribution >= 0.6 is 11.3 Å². The van der Waals surface area contributed by atoms with Crippen molar-refractivity contribution >= 4 is 28.6 Å². The molecule has 0 fully saturated rings. The summed E-state index contributed by atoms with van der Waals surface area (Å²) in [7, 11) is 2.84. The smallest absolute Gasteiger partial charge is 0.226 e. The number of aromatic nitrogens is 1. The van der Waals surface area contributed by atoms with Crippen molar-refractivity contribution in [2.24, 2.45) is 0 Å². The van der Waals surface area contributed by atoms with E-state index in [-0.39, 0.29) is 22.7 Å². The van der Waals surface area contributed by atoms with E-state index < -0.39 is 17.1 Å². The molecule has 1 aromatic carbocycles. The number of ketones is 1. The van der Waals surface area contributed by atoms with Gasteiger partial charge in [0.2, 0.25) is 5.78 Å². The Morgan fingerprint density at radius 1 is 1.39 bits per heavy atom. The predicted octanol–water partition coefficient (Wildman–Crippen LogP) is 2.42. The van der Waals surface area contributed by atoms with Crippen molar-refractivity contribution in [3.8, 4) is 17.6 Å². The van der Waals surface area contributed by atoms with E-state index >= 15 is 0 Å². The zero-order valence-corrected chi connectivity index (χ0v) is 13.2. The molecule has 0 spiro atoms. The Kier molecular flexibility index (Phi) is 4.83. The molecule has 2 rings (SSSR count). The van der Waals surface area contributed by atoms with E-state index in [4.69, 9.17) is 15.2 Å². The maximum Gasteiger partial charge on any atom is 0.226 e. The molecule has 0 saturated heterocycles. The van der Waals surface area contributed by atoms with Gasteiger partial charge >= 0.3 is 0 Å². The third-order valence-corrected chi connectivity index (χ3v) is 3.61. The number of carbonyl (C=O) groups is 1. The number of nitriles is 1. The average molecular weight is 331 g/mol. The molecule has 118 valence electrons. The monoisotopic (exact) mass is 331 g/mol. The molecule has 7 nitrogen and oxygen atoms in total. The van der Waals surface area contributed by atoms with Gasteiger partial charge in [-0.2, -0.15) is 5.26 Å². The van der Waals surface area contributed by atoms with Crippen LogP contribution in [0.15, 0.2) is 28.6 Å². The van der Waals surface area contributed by atoms with Crippen molar-refractivity contribution in [3.05, 3.63) is 39.9 Å². The maximum absolute atomic E-state index is 12.2. The molecule has 3 N–H and O–H groups in total. The van der Waals surface area contributed by atoms with Gasteiger partial charge in [-0.05, 0) is 12.1 Å². The van der Waals surface area contributed by atoms with Gasteiger partial charge in [0.05, 0.1) is 25.4 Å². The molecule has 0 saturated carbocycles. The van der Waals surface area contributed by atoms with Gasteiger partial charge in [-0.3, -0.25) is 4.79 Å². The van der Waals surface area contributed by atoms with Gasteiger partial charge in [-0.25, -0.2) is 4.98 Å². The zero-order chi connectivity index (χ0) is 17.0. The molecule has 0 radical (unpaired) electrons. The van der Waals surface area contributed by atoms with Crippen molar-refractivity contribution in [1.82, 2.24) is 4.98 Å². The summed E-state index contributed by atoms with van der Waals surface area (Å²) in [5.41, 5.74) is 7.34. The minimum absolute atomic E-state index is 0.0894. The molecular weight excluding hydrogens is 318 g/mol. The fourth-order valence-electron chi connectivity index (χ4n) is 1.94. The SMILES string of the molecule is COc1cc(/C(O)=C(\C#N)C(=O)c2cscn2)cc(N)c1OC. The lowest BCUT2D eigenvalue weighted by atomic mass is 10.0. The lowest BCUT2D eigenvalue weighted by Gasteiger charge is -2.12. The van der Waals surface area contributed by atoms with Crippen molar-refractivity contribution in [1.29, 1.82) is 5.26 Å². The van der Waals surface area contributed by atoms with Crippen LogP contribution in [0.5, 0.6) is 11.5 Å². The molecule has 0 aliphatic rings. The number of hydrogen-bond donors (Lipinski definition) is 2. The number of methoxy groups -OCH3 is 2. The highest BCUT2D eigenvalue weighted by Gasteiger charge is 2.21. The maximum atomic E-state index is 12.2. The molecule has 2 aromatic rings. The summed E-state index contributed by atoms with van der Waals surface area (Å²) in [5, 5.41) is 21.0. The van der Waals surface area contributed by atoms with Crippen LogP contribution in [0.3, 0.4) is 0 Å². The quantitative estimate of drug-likeness (QED) is 0.284. The number of thiazole rings is 1. The van der Waals surface area contributed by atoms with Gasteiger partial charge < -0.3 is 20.3 Å². The second kappa shape index (κ2) is 6.81. The highest BCUT2D eigenvalue weighted by Crippen LogP contribution is 2.36. The molecule has 8 heteroatoms. The predicted molar refractivity (Wildman–Crippen MR) is 85.6 cm³/mol. The van der Waals surface area contributed by atoms with Crippen LogP contribution in [0.1, 0.15) is 16.1 Å². The van der Waals surface area contributed by atoms with Crippen LogP contribution < -0.4 is 15.2 Å². The standard InChI is InChI=1S/C15H13N3O4S/c1-21-12-4-8(3-10(17)15(12)22-2)13(19)9(5-16)14(20)11-6-23-7-18-11/h3-4,6-7,19H,17H2,1-2H3/b13-9-. The van der Waals surface area contributed by atoms with Crippen molar-refractivity contribution in [2.45, 2.75) is 0 Å². The van der Waals surface area contributed by atoms with Gasteiger partial charge in [0.25, 0.3) is 0 Å². The first kappa shape index (κ1) is 16.3. The molecule has 23 heavy (non-hydrogen) atoms. The second-order valence-electron chi connectivity index (χ2n) is 4.34. The number of benzene rings is 1. The van der Waals surface area contributed by atoms with Gasteiger partial charge in [0.15, 0.2) is 11.5 Å². The van der Waals surface area contributed by atoms with Gasteiger partial charge in [0.1, 0.15) is 23.1 Å². The Morgan fingerprint density at radius 3 is 2.65 bits per heavy atom. The number of aliphatic hydroxyl groups excluding tert-OH is 1. The average Bonchev–Trinajstić information content (AvgIpc) is 3.08. The van der Waals surface area contributed by atoms with E-state index in [2.05, 4.69) is 4.98 Å². The number of Topliss-reactive ketones (excluding diaryl/α,β-unsaturated/α-hetero) is 1. The zero-order valence-electron chi connectivity index (χ0n) is 12.4. The number of ether oxygens (including phenoxy) is 2. The summed E-state index contributed by atoms with van der Waals surface area (Å²) >= 11 is 1.21. The normalized spacial score (nSPS) is 11.3. The van der Waals surface area contributed by atoms with Crippen molar-refractivity contribution in [2.75, 3.05) is 20.0 Å². The van der Waals surface area contributed by atoms with E-state index in [0.717, 1.165) is 0 Å². The van der Waals surface area contributed by atoms with Crippen LogP contribution in [0.4, 0.5) is 5.69 Å². The highest BCUT2D eigenvalue weighted by atomic mass is 32.1. The summed E-state index contributed by atoms with van der Waals surface area (Å²) in [6, 6.07) is 4.52. The Bertz CT molecular complexity index is 807. The van der Waals surface area contributed by atoms with Crippen molar-refractivity contribution in [3.63, 3.8) is 0 Å². The number of nitrogen functional groups attached to an aromatic ring is 1. The van der Waals surface area contributed by atoms with Gasteiger partial charge in [-0.1, -0.05) is 0 Å². The Balaban J connectivity index is 2.57. The number of rotatable bonds is 5. The molecule has 1 heterocycles. The van der Waals surface area contributed by atoms with Crippen LogP contribution in [-0.4, -0.2) is 30.1 Å². The lowest BCUT2D eigenvalue weighted by molar-refractivity contribution is 0.103. The third kappa shape index (κ3) is 3.09. The van der Waals surface area contributed by atoms with Gasteiger partial charge in [-0.15, -0.1) is 11.3 Å². The number of aliphatic hydroxyl groups is 1. The Morgan fingerprint density at radius 2 is 2.13 bits per heavy atom. The van der Waals surface area contributed by atoms with Crippen molar-refractivity contribution < 1.29 is 19.4 Å². The fourth-order valence-corrected chi connectivity index (χ4v) is 2.47. The van der Waals surface area contributed by atoms with Gasteiger partial charge in [0, 0.05) is 10.9 Å². The number of carbonyl (C=O) groups excluding carboxylic acids is 1. The Hall–Kier alpha value is -3.05. The molecule has 0 amide bonds. The number of allylic oxidation sites excluding steroid dienone is 1. The van der Waals surface area contributed by atoms with E-state index in [0.29, 0.717) is 5.75 Å². The summed E-state index contributed by atoms with van der Waals surface area (Å²) in [5.74, 6) is -0.599. The number of nitrogens with zero attached hydrogens (tertiary/aromatic N) is 2. The fraction of sp³-hybridized carbons (Fsp3) is 0.133. The minimum Gasteiger partial charge on any atom is -0.506 e. The van der Waals surface area contributed by atoms with E-state index in [9.17, 15) is 15.2 Å². The minimum atomic E-state index is -0.667. The molecule has 0 atom stereocenters. The molecule has 0 bridgehead atoms. The van der Waals surface area contributed by atoms with E-state index in [1.54, 1.807) is 6.07 Å². The van der Waals surface area contributed by atoms with E-state index in [1.165, 1.54) is 48.6 Å². The van der Waals surface area contributed by atoms with E-state index in [1.807, 2.05) is 0 Å². The van der Waals surface area contributed by atoms with Crippen LogP contribution in [0.2, 0.25) is 0 Å². The summed E-state index contributed by atoms with van der Waals surface area (Å²) in [6.07, 6.45) is 0. The number of nitrogens with two attached hydrogens (primary N) is 1. The second-order valence-corrected chi connectivity index (χ2v) is 5.06. The first-order valence-corrected chi connectivity index (χ1v) is 7.25. The van der Waals surface area contributed by atoms with Crippen LogP contribution in [0.25, 0.3) is 5.76 Å². The molecule has 1 aromatic heterocycles. The summed E-state index contributed by atoms with van der Waals surface area (Å²) < 4.78 is 10.2.